The van der Waals surface area contributed by atoms with Gasteiger partial charge in [-0.25, -0.2) is 0 Å². The molecule has 1 saturated heterocycles. The van der Waals surface area contributed by atoms with Crippen LogP contribution in [0.1, 0.15) is 30.9 Å². The third-order valence-electron chi connectivity index (χ3n) is 4.97. The number of aliphatic imine (C=N–C) groups is 1. The first-order valence-corrected chi connectivity index (χ1v) is 9.15. The number of hydrogen-bond acceptors (Lipinski definition) is 4. The molecule has 1 aliphatic rings. The molecule has 0 saturated carbocycles. The van der Waals surface area contributed by atoms with E-state index in [9.17, 15) is 0 Å². The predicted octanol–water partition coefficient (Wildman–Crippen LogP) is 1.96. The first-order valence-electron chi connectivity index (χ1n) is 9.15. The Morgan fingerprint density at radius 3 is 2.62 bits per heavy atom. The van der Waals surface area contributed by atoms with E-state index in [1.54, 1.807) is 0 Å². The fraction of sp³-hybridized carbons (Fsp3) is 0.778. The molecule has 2 heterocycles. The Morgan fingerprint density at radius 2 is 2.08 bits per heavy atom. The monoisotopic (exact) mass is 478 g/mol. The van der Waals surface area contributed by atoms with Gasteiger partial charge in [-0.3, -0.25) is 9.67 Å². The number of aryl methyl sites for hydroxylation is 1. The summed E-state index contributed by atoms with van der Waals surface area (Å²) in [6.45, 7) is 3.64. The third kappa shape index (κ3) is 7.03. The maximum absolute atomic E-state index is 5.45. The minimum Gasteiger partial charge on any atom is -0.381 e. The molecule has 0 aromatic carbocycles. The number of ether oxygens (including phenoxy) is 1. The Kier molecular flexibility index (Phi) is 10.5. The highest BCUT2D eigenvalue weighted by Gasteiger charge is 2.18. The Balaban J connectivity index is 0.00000338. The summed E-state index contributed by atoms with van der Waals surface area (Å²) in [4.78, 5) is 8.88. The van der Waals surface area contributed by atoms with Gasteiger partial charge in [-0.15, -0.1) is 24.0 Å². The molecule has 1 aromatic heterocycles. The lowest BCUT2D eigenvalue weighted by Gasteiger charge is -2.29. The van der Waals surface area contributed by atoms with Crippen molar-refractivity contribution in [3.05, 3.63) is 18.0 Å². The molecule has 1 atom stereocenters. The van der Waals surface area contributed by atoms with Gasteiger partial charge in [0.2, 0.25) is 0 Å². The van der Waals surface area contributed by atoms with Gasteiger partial charge in [0.1, 0.15) is 0 Å². The molecular weight excluding hydrogens is 443 g/mol. The van der Waals surface area contributed by atoms with Crippen molar-refractivity contribution in [2.45, 2.75) is 25.3 Å². The van der Waals surface area contributed by atoms with Crippen molar-refractivity contribution in [2.75, 3.05) is 54.5 Å². The van der Waals surface area contributed by atoms with Crippen LogP contribution in [0.4, 0.5) is 0 Å². The minimum atomic E-state index is 0. The number of nitrogens with zero attached hydrogens (tertiary/aromatic N) is 5. The molecule has 1 aromatic rings. The maximum atomic E-state index is 5.45. The lowest BCUT2D eigenvalue weighted by Crippen LogP contribution is -2.43. The van der Waals surface area contributed by atoms with Crippen LogP contribution in [0.5, 0.6) is 0 Å². The molecule has 26 heavy (non-hydrogen) atoms. The molecule has 150 valence electrons. The van der Waals surface area contributed by atoms with Crippen LogP contribution in [0.2, 0.25) is 0 Å². The summed E-state index contributed by atoms with van der Waals surface area (Å²) in [7, 11) is 10.1. The second-order valence-corrected chi connectivity index (χ2v) is 7.12. The summed E-state index contributed by atoms with van der Waals surface area (Å²) in [5, 5.41) is 7.81. The van der Waals surface area contributed by atoms with Crippen LogP contribution in [0.3, 0.4) is 0 Å². The van der Waals surface area contributed by atoms with Crippen molar-refractivity contribution in [3.8, 4) is 0 Å². The topological polar surface area (TPSA) is 57.9 Å². The van der Waals surface area contributed by atoms with E-state index in [1.807, 2.05) is 25.0 Å². The van der Waals surface area contributed by atoms with Crippen LogP contribution >= 0.6 is 24.0 Å². The van der Waals surface area contributed by atoms with Crippen molar-refractivity contribution in [2.24, 2.45) is 18.0 Å². The van der Waals surface area contributed by atoms with Gasteiger partial charge >= 0.3 is 0 Å². The number of nitrogens with one attached hydrogen (secondary N) is 1. The number of halogens is 1. The zero-order chi connectivity index (χ0) is 18.2. The van der Waals surface area contributed by atoms with Gasteiger partial charge in [-0.1, -0.05) is 0 Å². The lowest BCUT2D eigenvalue weighted by molar-refractivity contribution is 0.0625. The normalized spacial score (nSPS) is 17.1. The number of guanidine groups is 1. The molecule has 2 rings (SSSR count). The van der Waals surface area contributed by atoms with E-state index < -0.39 is 0 Å². The first kappa shape index (κ1) is 23.2. The van der Waals surface area contributed by atoms with Crippen LogP contribution < -0.4 is 5.32 Å². The molecule has 8 heteroatoms. The largest absolute Gasteiger partial charge is 0.381 e. The molecule has 7 nitrogen and oxygen atoms in total. The molecular formula is C18H35IN6O. The molecule has 1 N–H and O–H groups in total. The van der Waals surface area contributed by atoms with Gasteiger partial charge in [-0.2, -0.15) is 5.10 Å². The summed E-state index contributed by atoms with van der Waals surface area (Å²) < 4.78 is 7.29. The Labute approximate surface area is 175 Å². The molecule has 0 bridgehead atoms. The molecule has 0 amide bonds. The van der Waals surface area contributed by atoms with Crippen LogP contribution in [0, 0.1) is 5.92 Å². The summed E-state index contributed by atoms with van der Waals surface area (Å²) in [5.41, 5.74) is 1.21. The predicted molar refractivity (Wildman–Crippen MR) is 117 cm³/mol. The Bertz CT molecular complexity index is 542. The minimum absolute atomic E-state index is 0. The zero-order valence-electron chi connectivity index (χ0n) is 16.8. The summed E-state index contributed by atoms with van der Waals surface area (Å²) in [6, 6.07) is 0.259. The lowest BCUT2D eigenvalue weighted by atomic mass is 9.96. The smallest absolute Gasteiger partial charge is 0.193 e. The summed E-state index contributed by atoms with van der Waals surface area (Å²) >= 11 is 0. The van der Waals surface area contributed by atoms with Gasteiger partial charge in [0.05, 0.1) is 12.2 Å². The number of hydrogen-bond donors (Lipinski definition) is 1. The van der Waals surface area contributed by atoms with Gasteiger partial charge in [-0.05, 0) is 39.3 Å². The summed E-state index contributed by atoms with van der Waals surface area (Å²) in [6.07, 6.45) is 7.57. The average Bonchev–Trinajstić information content (AvgIpc) is 3.03. The highest BCUT2D eigenvalue weighted by Crippen LogP contribution is 2.19. The quantitative estimate of drug-likeness (QED) is 0.369. The van der Waals surface area contributed by atoms with Crippen molar-refractivity contribution in [3.63, 3.8) is 0 Å². The molecule has 1 unspecified atom stereocenters. The van der Waals surface area contributed by atoms with E-state index in [-0.39, 0.29) is 30.0 Å². The van der Waals surface area contributed by atoms with E-state index in [2.05, 4.69) is 52.5 Å². The summed E-state index contributed by atoms with van der Waals surface area (Å²) in [5.74, 6) is 1.72. The zero-order valence-corrected chi connectivity index (χ0v) is 19.1. The Hall–Kier alpha value is -0.870. The second kappa shape index (κ2) is 11.8. The van der Waals surface area contributed by atoms with Crippen LogP contribution in [0.25, 0.3) is 0 Å². The number of aromatic nitrogens is 2. The van der Waals surface area contributed by atoms with Gasteiger partial charge < -0.3 is 19.9 Å². The highest BCUT2D eigenvalue weighted by atomic mass is 127. The van der Waals surface area contributed by atoms with E-state index >= 15 is 0 Å². The van der Waals surface area contributed by atoms with Gasteiger partial charge in [0.25, 0.3) is 0 Å². The van der Waals surface area contributed by atoms with E-state index in [0.29, 0.717) is 0 Å². The maximum Gasteiger partial charge on any atom is 0.193 e. The van der Waals surface area contributed by atoms with Crippen molar-refractivity contribution >= 4 is 29.9 Å². The van der Waals surface area contributed by atoms with Crippen LogP contribution in [-0.2, 0) is 11.8 Å². The SMILES string of the molecule is CN=C(NCC(c1cnn(C)c1)N(C)C)N(C)CCC1CCOCC1.I. The van der Waals surface area contributed by atoms with E-state index in [4.69, 9.17) is 4.74 Å². The van der Waals surface area contributed by atoms with Crippen molar-refractivity contribution in [1.82, 2.24) is 24.9 Å². The number of rotatable bonds is 7. The van der Waals surface area contributed by atoms with Gasteiger partial charge in [0.15, 0.2) is 5.96 Å². The standard InChI is InChI=1S/C18H34N6O.HI/c1-19-18(23(4)9-6-15-7-10-25-11-8-15)20-13-17(22(2)3)16-12-21-24(5)14-16;/h12,14-15,17H,6-11,13H2,1-5H3,(H,19,20);1H. The highest BCUT2D eigenvalue weighted by molar-refractivity contribution is 14.0. The van der Waals surface area contributed by atoms with Crippen molar-refractivity contribution in [1.29, 1.82) is 0 Å². The molecule has 0 radical (unpaired) electrons. The fourth-order valence-electron chi connectivity index (χ4n) is 3.30. The molecule has 0 spiro atoms. The molecule has 0 aliphatic carbocycles. The number of likely N-dealkylation sites (N-methyl/N-ethyl adjacent to an activating group) is 1. The van der Waals surface area contributed by atoms with Crippen LogP contribution in [0.15, 0.2) is 17.4 Å². The first-order chi connectivity index (χ1) is 12.0. The molecule has 1 fully saturated rings. The molecule has 1 aliphatic heterocycles. The average molecular weight is 478 g/mol. The fourth-order valence-corrected chi connectivity index (χ4v) is 3.30. The Morgan fingerprint density at radius 1 is 1.38 bits per heavy atom. The van der Waals surface area contributed by atoms with Crippen LogP contribution in [-0.4, -0.2) is 80.0 Å². The van der Waals surface area contributed by atoms with Crippen molar-refractivity contribution < 1.29 is 4.74 Å². The second-order valence-electron chi connectivity index (χ2n) is 7.12. The van der Waals surface area contributed by atoms with E-state index in [1.165, 1.54) is 24.8 Å². The van der Waals surface area contributed by atoms with E-state index in [0.717, 1.165) is 38.2 Å². The third-order valence-corrected chi connectivity index (χ3v) is 4.97. The van der Waals surface area contributed by atoms with Gasteiger partial charge in [0, 0.05) is 59.2 Å².